The van der Waals surface area contributed by atoms with Crippen LogP contribution in [0.5, 0.6) is 0 Å². The van der Waals surface area contributed by atoms with Crippen molar-refractivity contribution in [3.8, 4) is 0 Å². The summed E-state index contributed by atoms with van der Waals surface area (Å²) in [5.74, 6) is 0.739. The molecule has 0 saturated carbocycles. The van der Waals surface area contributed by atoms with Gasteiger partial charge in [-0.3, -0.25) is 9.78 Å². The van der Waals surface area contributed by atoms with E-state index in [1.807, 2.05) is 18.2 Å². The molecule has 26 heavy (non-hydrogen) atoms. The van der Waals surface area contributed by atoms with Gasteiger partial charge in [0.15, 0.2) is 0 Å². The van der Waals surface area contributed by atoms with Crippen LogP contribution in [0.1, 0.15) is 27.0 Å². The Bertz CT molecular complexity index is 911. The van der Waals surface area contributed by atoms with Crippen molar-refractivity contribution in [2.75, 3.05) is 11.4 Å². The minimum absolute atomic E-state index is 0.102. The highest BCUT2D eigenvalue weighted by molar-refractivity contribution is 5.94. The highest BCUT2D eigenvalue weighted by atomic mass is 16.1. The third kappa shape index (κ3) is 3.57. The molecule has 0 radical (unpaired) electrons. The molecular weight excluding hydrogens is 324 g/mol. The highest BCUT2D eigenvalue weighted by Gasteiger charge is 2.18. The second kappa shape index (κ2) is 7.35. The van der Waals surface area contributed by atoms with Crippen LogP contribution in [0.2, 0.25) is 0 Å². The molecule has 130 valence electrons. The van der Waals surface area contributed by atoms with Gasteiger partial charge in [0.25, 0.3) is 5.91 Å². The Labute approximate surface area is 152 Å². The third-order valence-electron chi connectivity index (χ3n) is 4.64. The molecule has 5 nitrogen and oxygen atoms in total. The zero-order valence-electron chi connectivity index (χ0n) is 14.4. The van der Waals surface area contributed by atoms with E-state index in [9.17, 15) is 4.79 Å². The Morgan fingerprint density at radius 2 is 1.96 bits per heavy atom. The molecule has 0 atom stereocenters. The Morgan fingerprint density at radius 3 is 2.81 bits per heavy atom. The van der Waals surface area contributed by atoms with Crippen molar-refractivity contribution in [1.29, 1.82) is 0 Å². The van der Waals surface area contributed by atoms with E-state index in [0.29, 0.717) is 12.1 Å². The lowest BCUT2D eigenvalue weighted by atomic mass is 10.00. The quantitative estimate of drug-likeness (QED) is 0.790. The molecule has 1 aromatic carbocycles. The number of aromatic nitrogens is 2. The van der Waals surface area contributed by atoms with Gasteiger partial charge in [0.1, 0.15) is 5.82 Å². The first kappa shape index (κ1) is 16.3. The van der Waals surface area contributed by atoms with Gasteiger partial charge in [-0.1, -0.05) is 30.3 Å². The minimum Gasteiger partial charge on any atom is -0.352 e. The van der Waals surface area contributed by atoms with E-state index in [1.165, 1.54) is 11.1 Å². The monoisotopic (exact) mass is 344 g/mol. The van der Waals surface area contributed by atoms with Crippen molar-refractivity contribution < 1.29 is 4.79 Å². The largest absolute Gasteiger partial charge is 0.352 e. The molecular formula is C21H20N4O. The average Bonchev–Trinajstić information content (AvgIpc) is 2.72. The van der Waals surface area contributed by atoms with Gasteiger partial charge in [-0.05, 0) is 41.3 Å². The number of benzene rings is 1. The summed E-state index contributed by atoms with van der Waals surface area (Å²) in [7, 11) is 0. The van der Waals surface area contributed by atoms with E-state index in [2.05, 4.69) is 44.5 Å². The molecule has 1 aliphatic heterocycles. The van der Waals surface area contributed by atoms with Crippen molar-refractivity contribution in [2.24, 2.45) is 0 Å². The third-order valence-corrected chi connectivity index (χ3v) is 4.64. The molecule has 5 heteroatoms. The van der Waals surface area contributed by atoms with Gasteiger partial charge in [-0.15, -0.1) is 0 Å². The van der Waals surface area contributed by atoms with E-state index < -0.39 is 0 Å². The maximum atomic E-state index is 12.5. The number of fused-ring (bicyclic) bond motifs is 1. The maximum Gasteiger partial charge on any atom is 0.251 e. The van der Waals surface area contributed by atoms with Crippen molar-refractivity contribution in [3.05, 3.63) is 89.4 Å². The number of carbonyl (C=O) groups is 1. The van der Waals surface area contributed by atoms with Gasteiger partial charge in [0.05, 0.1) is 0 Å². The summed E-state index contributed by atoms with van der Waals surface area (Å²) >= 11 is 0. The van der Waals surface area contributed by atoms with Crippen molar-refractivity contribution in [3.63, 3.8) is 0 Å². The first-order valence-electron chi connectivity index (χ1n) is 8.74. The highest BCUT2D eigenvalue weighted by Crippen LogP contribution is 2.23. The van der Waals surface area contributed by atoms with Crippen LogP contribution < -0.4 is 10.2 Å². The number of hydrogen-bond acceptors (Lipinski definition) is 4. The number of rotatable bonds is 4. The minimum atomic E-state index is -0.102. The summed E-state index contributed by atoms with van der Waals surface area (Å²) in [5.41, 5.74) is 4.32. The summed E-state index contributed by atoms with van der Waals surface area (Å²) in [6, 6.07) is 15.9. The van der Waals surface area contributed by atoms with E-state index in [4.69, 9.17) is 0 Å². The number of anilines is 1. The molecule has 2 aromatic heterocycles. The molecule has 0 saturated heterocycles. The van der Waals surface area contributed by atoms with Crippen molar-refractivity contribution >= 4 is 11.7 Å². The maximum absolute atomic E-state index is 12.5. The molecule has 1 aliphatic rings. The summed E-state index contributed by atoms with van der Waals surface area (Å²) in [6.07, 6.45) is 6.17. The normalized spacial score (nSPS) is 13.2. The summed E-state index contributed by atoms with van der Waals surface area (Å²) in [6.45, 7) is 2.19. The van der Waals surface area contributed by atoms with E-state index >= 15 is 0 Å². The SMILES string of the molecule is O=C(NCc1cccnc1)c1ccnc(N2CCc3ccccc3C2)c1. The Balaban J connectivity index is 1.46. The fourth-order valence-corrected chi connectivity index (χ4v) is 3.21. The predicted molar refractivity (Wildman–Crippen MR) is 101 cm³/mol. The second-order valence-electron chi connectivity index (χ2n) is 6.39. The van der Waals surface area contributed by atoms with Crippen molar-refractivity contribution in [1.82, 2.24) is 15.3 Å². The van der Waals surface area contributed by atoms with Gasteiger partial charge in [0.2, 0.25) is 0 Å². The molecule has 0 spiro atoms. The van der Waals surface area contributed by atoms with Gasteiger partial charge in [0, 0.05) is 43.8 Å². The number of amides is 1. The molecule has 0 bridgehead atoms. The van der Waals surface area contributed by atoms with Crippen LogP contribution in [0.3, 0.4) is 0 Å². The second-order valence-corrected chi connectivity index (χ2v) is 6.39. The van der Waals surface area contributed by atoms with Crippen LogP contribution in [-0.2, 0) is 19.5 Å². The number of nitrogens with one attached hydrogen (secondary N) is 1. The standard InChI is InChI=1S/C21H20N4O/c26-21(24-14-16-4-3-9-22-13-16)18-7-10-23-20(12-18)25-11-8-17-5-1-2-6-19(17)15-25/h1-7,9-10,12-13H,8,11,14-15H2,(H,24,26). The van der Waals surface area contributed by atoms with Gasteiger partial charge in [-0.2, -0.15) is 0 Å². The molecule has 1 amide bonds. The number of nitrogens with zero attached hydrogens (tertiary/aromatic N) is 3. The van der Waals surface area contributed by atoms with Crippen LogP contribution in [0.4, 0.5) is 5.82 Å². The summed E-state index contributed by atoms with van der Waals surface area (Å²) in [5, 5.41) is 2.94. The van der Waals surface area contributed by atoms with Crippen LogP contribution >= 0.6 is 0 Å². The molecule has 3 heterocycles. The van der Waals surface area contributed by atoms with Crippen LogP contribution in [-0.4, -0.2) is 22.4 Å². The van der Waals surface area contributed by atoms with E-state index in [-0.39, 0.29) is 5.91 Å². The Kier molecular flexibility index (Phi) is 4.60. The molecule has 1 N–H and O–H groups in total. The molecule has 4 rings (SSSR count). The zero-order valence-corrected chi connectivity index (χ0v) is 14.4. The molecule has 0 aliphatic carbocycles. The first-order valence-corrected chi connectivity index (χ1v) is 8.74. The van der Waals surface area contributed by atoms with Crippen molar-refractivity contribution in [2.45, 2.75) is 19.5 Å². The van der Waals surface area contributed by atoms with E-state index in [0.717, 1.165) is 30.9 Å². The Morgan fingerprint density at radius 1 is 1.08 bits per heavy atom. The summed E-state index contributed by atoms with van der Waals surface area (Å²) in [4.78, 5) is 23.2. The number of pyridine rings is 2. The molecule has 0 fully saturated rings. The zero-order chi connectivity index (χ0) is 17.8. The average molecular weight is 344 g/mol. The lowest BCUT2D eigenvalue weighted by Gasteiger charge is -2.29. The van der Waals surface area contributed by atoms with E-state index in [1.54, 1.807) is 24.7 Å². The summed E-state index contributed by atoms with van der Waals surface area (Å²) < 4.78 is 0. The van der Waals surface area contributed by atoms with Gasteiger partial charge < -0.3 is 10.2 Å². The lowest BCUT2D eigenvalue weighted by Crippen LogP contribution is -2.31. The van der Waals surface area contributed by atoms with Gasteiger partial charge >= 0.3 is 0 Å². The lowest BCUT2D eigenvalue weighted by molar-refractivity contribution is 0.0951. The van der Waals surface area contributed by atoms with Crippen LogP contribution in [0.25, 0.3) is 0 Å². The van der Waals surface area contributed by atoms with Crippen LogP contribution in [0, 0.1) is 0 Å². The molecule has 3 aromatic rings. The van der Waals surface area contributed by atoms with Crippen LogP contribution in [0.15, 0.2) is 67.1 Å². The fourth-order valence-electron chi connectivity index (χ4n) is 3.21. The topological polar surface area (TPSA) is 58.1 Å². The predicted octanol–water partition coefficient (Wildman–Crippen LogP) is 2.97. The smallest absolute Gasteiger partial charge is 0.251 e. The van der Waals surface area contributed by atoms with Gasteiger partial charge in [-0.25, -0.2) is 4.98 Å². The Hall–Kier alpha value is -3.21. The fraction of sp³-hybridized carbons (Fsp3) is 0.190. The number of hydrogen-bond donors (Lipinski definition) is 1. The molecule has 0 unspecified atom stereocenters. The first-order chi connectivity index (χ1) is 12.8. The number of carbonyl (C=O) groups excluding carboxylic acids is 1.